The first kappa shape index (κ1) is 13.8. The highest BCUT2D eigenvalue weighted by atomic mass is 35.5. The number of hydrogen-bond donors (Lipinski definition) is 3. The molecule has 1 atom stereocenters. The first-order valence-electron chi connectivity index (χ1n) is 4.62. The molecule has 17 heavy (non-hydrogen) atoms. The molecule has 0 bridgehead atoms. The van der Waals surface area contributed by atoms with Gasteiger partial charge in [0.05, 0.1) is 27.3 Å². The molecule has 1 aromatic carbocycles. The molecule has 0 saturated carbocycles. The third kappa shape index (κ3) is 3.09. The van der Waals surface area contributed by atoms with E-state index in [-0.39, 0.29) is 21.3 Å². The van der Waals surface area contributed by atoms with Crippen molar-refractivity contribution in [1.82, 2.24) is 0 Å². The van der Waals surface area contributed by atoms with Gasteiger partial charge >= 0.3 is 5.97 Å². The quantitative estimate of drug-likeness (QED) is 0.787. The van der Waals surface area contributed by atoms with Crippen LogP contribution in [0.3, 0.4) is 0 Å². The Morgan fingerprint density at radius 3 is 2.47 bits per heavy atom. The number of hydrogen-bond acceptors (Lipinski definition) is 3. The molecule has 92 valence electrons. The van der Waals surface area contributed by atoms with Crippen molar-refractivity contribution >= 4 is 40.8 Å². The number of nitrogens with one attached hydrogen (secondary N) is 1. The van der Waals surface area contributed by atoms with Gasteiger partial charge in [-0.25, -0.2) is 4.79 Å². The zero-order valence-electron chi connectivity index (χ0n) is 8.83. The Bertz CT molecular complexity index is 475. The zero-order chi connectivity index (χ0) is 13.2. The van der Waals surface area contributed by atoms with Crippen molar-refractivity contribution in [2.45, 2.75) is 13.0 Å². The summed E-state index contributed by atoms with van der Waals surface area (Å²) in [4.78, 5) is 22.4. The van der Waals surface area contributed by atoms with Crippen LogP contribution in [0, 0.1) is 0 Å². The summed E-state index contributed by atoms with van der Waals surface area (Å²) >= 11 is 11.6. The number of carbonyl (C=O) groups excluding carboxylic acids is 1. The van der Waals surface area contributed by atoms with E-state index in [1.807, 2.05) is 0 Å². The van der Waals surface area contributed by atoms with E-state index in [9.17, 15) is 9.59 Å². The van der Waals surface area contributed by atoms with Gasteiger partial charge in [0.1, 0.15) is 0 Å². The molecule has 0 aliphatic rings. The SMILES string of the molecule is CC(N)C(=O)Nc1c(C(=O)O)ccc(Cl)c1Cl. The number of carbonyl (C=O) groups is 2. The fourth-order valence-electron chi connectivity index (χ4n) is 1.09. The summed E-state index contributed by atoms with van der Waals surface area (Å²) in [5.74, 6) is -1.76. The number of carboxylic acids is 1. The number of halogens is 2. The van der Waals surface area contributed by atoms with Crippen molar-refractivity contribution < 1.29 is 14.7 Å². The molecule has 0 aliphatic heterocycles. The van der Waals surface area contributed by atoms with Gasteiger partial charge in [-0.1, -0.05) is 23.2 Å². The molecule has 0 aliphatic carbocycles. The molecule has 7 heteroatoms. The lowest BCUT2D eigenvalue weighted by Crippen LogP contribution is -2.33. The van der Waals surface area contributed by atoms with E-state index >= 15 is 0 Å². The summed E-state index contributed by atoms with van der Waals surface area (Å²) in [6.45, 7) is 1.47. The van der Waals surface area contributed by atoms with Gasteiger partial charge in [0, 0.05) is 0 Å². The van der Waals surface area contributed by atoms with Crippen molar-refractivity contribution in [3.63, 3.8) is 0 Å². The largest absolute Gasteiger partial charge is 0.478 e. The molecule has 0 aromatic heterocycles. The van der Waals surface area contributed by atoms with Crippen LogP contribution in [0.4, 0.5) is 5.69 Å². The lowest BCUT2D eigenvalue weighted by atomic mass is 10.1. The Labute approximate surface area is 108 Å². The number of carboxylic acid groups (broad SMARTS) is 1. The van der Waals surface area contributed by atoms with Crippen LogP contribution in [0.25, 0.3) is 0 Å². The van der Waals surface area contributed by atoms with E-state index < -0.39 is 17.9 Å². The van der Waals surface area contributed by atoms with Gasteiger partial charge in [-0.05, 0) is 19.1 Å². The second-order valence-electron chi connectivity index (χ2n) is 3.37. The van der Waals surface area contributed by atoms with E-state index in [1.165, 1.54) is 19.1 Å². The Kier molecular flexibility index (Phi) is 4.34. The maximum absolute atomic E-state index is 11.4. The summed E-state index contributed by atoms with van der Waals surface area (Å²) in [7, 11) is 0. The van der Waals surface area contributed by atoms with Gasteiger partial charge in [0.2, 0.25) is 5.91 Å². The summed E-state index contributed by atoms with van der Waals surface area (Å²) < 4.78 is 0. The average Bonchev–Trinajstić information content (AvgIpc) is 2.24. The fourth-order valence-corrected chi connectivity index (χ4v) is 1.46. The number of anilines is 1. The minimum Gasteiger partial charge on any atom is -0.478 e. The van der Waals surface area contributed by atoms with Crippen LogP contribution < -0.4 is 11.1 Å². The zero-order valence-corrected chi connectivity index (χ0v) is 10.3. The van der Waals surface area contributed by atoms with Gasteiger partial charge in [0.25, 0.3) is 0 Å². The monoisotopic (exact) mass is 276 g/mol. The number of nitrogens with two attached hydrogens (primary N) is 1. The van der Waals surface area contributed by atoms with Crippen LogP contribution in [0.2, 0.25) is 10.0 Å². The van der Waals surface area contributed by atoms with Gasteiger partial charge < -0.3 is 16.2 Å². The summed E-state index contributed by atoms with van der Waals surface area (Å²) in [5.41, 5.74) is 5.17. The third-order valence-corrected chi connectivity index (χ3v) is 2.79. The van der Waals surface area contributed by atoms with Crippen LogP contribution in [0.5, 0.6) is 0 Å². The van der Waals surface area contributed by atoms with Crippen molar-refractivity contribution in [2.24, 2.45) is 5.73 Å². The Morgan fingerprint density at radius 1 is 1.41 bits per heavy atom. The number of aromatic carboxylic acids is 1. The first-order chi connectivity index (χ1) is 7.84. The topological polar surface area (TPSA) is 92.4 Å². The predicted octanol–water partition coefficient (Wildman–Crippen LogP) is 1.98. The predicted molar refractivity (Wildman–Crippen MR) is 65.7 cm³/mol. The van der Waals surface area contributed by atoms with E-state index in [0.717, 1.165) is 0 Å². The van der Waals surface area contributed by atoms with E-state index in [0.29, 0.717) is 0 Å². The van der Waals surface area contributed by atoms with Crippen LogP contribution in [-0.2, 0) is 4.79 Å². The van der Waals surface area contributed by atoms with Crippen molar-refractivity contribution in [3.8, 4) is 0 Å². The third-order valence-electron chi connectivity index (χ3n) is 1.99. The van der Waals surface area contributed by atoms with Crippen molar-refractivity contribution in [2.75, 3.05) is 5.32 Å². The first-order valence-corrected chi connectivity index (χ1v) is 5.38. The molecular formula is C10H10Cl2N2O3. The van der Waals surface area contributed by atoms with Gasteiger partial charge in [-0.2, -0.15) is 0 Å². The molecule has 0 fully saturated rings. The smallest absolute Gasteiger partial charge is 0.337 e. The second-order valence-corrected chi connectivity index (χ2v) is 4.15. The van der Waals surface area contributed by atoms with Crippen LogP contribution >= 0.6 is 23.2 Å². The summed E-state index contributed by atoms with van der Waals surface area (Å²) in [6, 6.07) is 1.81. The number of rotatable bonds is 3. The van der Waals surface area contributed by atoms with Crippen molar-refractivity contribution in [3.05, 3.63) is 27.7 Å². The molecule has 0 saturated heterocycles. The molecule has 1 unspecified atom stereocenters. The molecule has 0 radical (unpaired) electrons. The van der Waals surface area contributed by atoms with Crippen LogP contribution in [0.15, 0.2) is 12.1 Å². The number of amides is 1. The second kappa shape index (κ2) is 5.35. The van der Waals surface area contributed by atoms with Gasteiger partial charge in [-0.3, -0.25) is 4.79 Å². The number of benzene rings is 1. The molecule has 0 heterocycles. The molecule has 4 N–H and O–H groups in total. The lowest BCUT2D eigenvalue weighted by Gasteiger charge is -2.12. The Morgan fingerprint density at radius 2 is 2.00 bits per heavy atom. The molecule has 1 amide bonds. The van der Waals surface area contributed by atoms with Crippen LogP contribution in [0.1, 0.15) is 17.3 Å². The molecular weight excluding hydrogens is 267 g/mol. The summed E-state index contributed by atoms with van der Waals surface area (Å²) in [5, 5.41) is 11.4. The van der Waals surface area contributed by atoms with Crippen molar-refractivity contribution in [1.29, 1.82) is 0 Å². The Balaban J connectivity index is 3.24. The van der Waals surface area contributed by atoms with Gasteiger partial charge in [0.15, 0.2) is 0 Å². The normalized spacial score (nSPS) is 12.0. The van der Waals surface area contributed by atoms with E-state index in [4.69, 9.17) is 34.0 Å². The molecule has 1 aromatic rings. The highest BCUT2D eigenvalue weighted by Crippen LogP contribution is 2.33. The van der Waals surface area contributed by atoms with E-state index in [2.05, 4.69) is 5.32 Å². The average molecular weight is 277 g/mol. The highest BCUT2D eigenvalue weighted by Gasteiger charge is 2.19. The standard InChI is InChI=1S/C10H10Cl2N2O3/c1-4(13)9(15)14-8-5(10(16)17)2-3-6(11)7(8)12/h2-4H,13H2,1H3,(H,14,15)(H,16,17). The van der Waals surface area contributed by atoms with E-state index in [1.54, 1.807) is 0 Å². The fraction of sp³-hybridized carbons (Fsp3) is 0.200. The van der Waals surface area contributed by atoms with Crippen LogP contribution in [-0.4, -0.2) is 23.0 Å². The maximum Gasteiger partial charge on any atom is 0.337 e. The summed E-state index contributed by atoms with van der Waals surface area (Å²) in [6.07, 6.45) is 0. The molecule has 5 nitrogen and oxygen atoms in total. The molecule has 0 spiro atoms. The Hall–Kier alpha value is -1.30. The highest BCUT2D eigenvalue weighted by molar-refractivity contribution is 6.44. The minimum absolute atomic E-state index is 0.0273. The van der Waals surface area contributed by atoms with Gasteiger partial charge in [-0.15, -0.1) is 0 Å². The molecule has 1 rings (SSSR count). The lowest BCUT2D eigenvalue weighted by molar-refractivity contribution is -0.117. The minimum atomic E-state index is -1.22. The maximum atomic E-state index is 11.4.